The smallest absolute Gasteiger partial charge is 0.256 e. The normalized spacial score (nSPS) is 13.3. The molecule has 0 radical (unpaired) electrons. The second-order valence-electron chi connectivity index (χ2n) is 6.28. The summed E-state index contributed by atoms with van der Waals surface area (Å²) in [5.41, 5.74) is 5.38. The number of aromatic amines is 1. The summed E-state index contributed by atoms with van der Waals surface area (Å²) in [5.74, 6) is -0.0181. The lowest BCUT2D eigenvalue weighted by Crippen LogP contribution is -2.13. The lowest BCUT2D eigenvalue weighted by atomic mass is 9.92. The Kier molecular flexibility index (Phi) is 3.98. The van der Waals surface area contributed by atoms with Gasteiger partial charge in [-0.15, -0.1) is 0 Å². The average molecular weight is 333 g/mol. The Labute approximate surface area is 145 Å². The summed E-state index contributed by atoms with van der Waals surface area (Å²) in [6.45, 7) is 0. The molecule has 4 rings (SSSR count). The van der Waals surface area contributed by atoms with Crippen LogP contribution < -0.4 is 5.32 Å². The van der Waals surface area contributed by atoms with Gasteiger partial charge in [-0.3, -0.25) is 9.89 Å². The van der Waals surface area contributed by atoms with Crippen LogP contribution >= 0.6 is 0 Å². The quantitative estimate of drug-likeness (QED) is 0.636. The Hall–Kier alpha value is -3.08. The van der Waals surface area contributed by atoms with Gasteiger partial charge in [0.25, 0.3) is 5.91 Å². The van der Waals surface area contributed by atoms with Crippen molar-refractivity contribution < 1.29 is 9.90 Å². The average Bonchev–Trinajstić information content (AvgIpc) is 3.07. The first-order valence-corrected chi connectivity index (χ1v) is 8.48. The molecule has 0 saturated carbocycles. The van der Waals surface area contributed by atoms with Gasteiger partial charge in [0.2, 0.25) is 0 Å². The minimum atomic E-state index is -0.186. The van der Waals surface area contributed by atoms with Crippen molar-refractivity contribution in [2.45, 2.75) is 25.7 Å². The number of hydrogen-bond acceptors (Lipinski definition) is 3. The standard InChI is InChI=1S/C20H19N3O2/c24-14-11-9-13(10-12-14)21-20(25)16-6-2-1-5-15(16)19-17-7-3-4-8-18(17)22-23-19/h1-2,5-6,9-12,24H,3-4,7-8H2,(H,21,25)(H,22,23). The van der Waals surface area contributed by atoms with Crippen LogP contribution in [0, 0.1) is 0 Å². The number of phenolic OH excluding ortho intramolecular Hbond substituents is 1. The molecule has 1 aliphatic rings. The number of benzene rings is 2. The number of aromatic hydroxyl groups is 1. The van der Waals surface area contributed by atoms with Gasteiger partial charge in [0, 0.05) is 28.1 Å². The lowest BCUT2D eigenvalue weighted by molar-refractivity contribution is 0.102. The number of aryl methyl sites for hydroxylation is 1. The molecule has 3 N–H and O–H groups in total. The number of nitrogens with one attached hydrogen (secondary N) is 2. The highest BCUT2D eigenvalue weighted by Gasteiger charge is 2.21. The van der Waals surface area contributed by atoms with Gasteiger partial charge in [0.05, 0.1) is 5.69 Å². The molecule has 5 heteroatoms. The Morgan fingerprint density at radius 3 is 2.64 bits per heavy atom. The van der Waals surface area contributed by atoms with Crippen LogP contribution in [0.4, 0.5) is 5.69 Å². The highest BCUT2D eigenvalue weighted by Crippen LogP contribution is 2.31. The lowest BCUT2D eigenvalue weighted by Gasteiger charge is -2.13. The molecule has 0 saturated heterocycles. The number of carbonyl (C=O) groups is 1. The Balaban J connectivity index is 1.68. The van der Waals surface area contributed by atoms with E-state index in [1.165, 1.54) is 17.7 Å². The number of aromatic nitrogens is 2. The summed E-state index contributed by atoms with van der Waals surface area (Å²) in [6.07, 6.45) is 4.35. The molecule has 0 unspecified atom stereocenters. The molecule has 3 aromatic rings. The molecular formula is C20H19N3O2. The molecule has 0 atom stereocenters. The zero-order valence-corrected chi connectivity index (χ0v) is 13.7. The van der Waals surface area contributed by atoms with Crippen LogP contribution in [0.5, 0.6) is 5.75 Å². The van der Waals surface area contributed by atoms with Gasteiger partial charge in [-0.2, -0.15) is 5.10 Å². The molecule has 0 aliphatic heterocycles. The molecule has 0 bridgehead atoms. The Morgan fingerprint density at radius 1 is 1.04 bits per heavy atom. The van der Waals surface area contributed by atoms with Crippen LogP contribution in [0.2, 0.25) is 0 Å². The van der Waals surface area contributed by atoms with Crippen LogP contribution in [0.15, 0.2) is 48.5 Å². The summed E-state index contributed by atoms with van der Waals surface area (Å²) >= 11 is 0. The van der Waals surface area contributed by atoms with Crippen molar-refractivity contribution in [2.75, 3.05) is 5.32 Å². The maximum absolute atomic E-state index is 12.8. The second-order valence-corrected chi connectivity index (χ2v) is 6.28. The number of fused-ring (bicyclic) bond motifs is 1. The van der Waals surface area contributed by atoms with E-state index in [1.54, 1.807) is 24.3 Å². The van der Waals surface area contributed by atoms with E-state index in [9.17, 15) is 9.90 Å². The number of amides is 1. The van der Waals surface area contributed by atoms with Crippen LogP contribution in [0.1, 0.15) is 34.5 Å². The minimum absolute atomic E-state index is 0.168. The van der Waals surface area contributed by atoms with Gasteiger partial charge >= 0.3 is 0 Å². The van der Waals surface area contributed by atoms with Gasteiger partial charge < -0.3 is 10.4 Å². The summed E-state index contributed by atoms with van der Waals surface area (Å²) in [6, 6.07) is 14.0. The molecule has 1 heterocycles. The summed E-state index contributed by atoms with van der Waals surface area (Å²) in [5, 5.41) is 19.9. The van der Waals surface area contributed by atoms with Gasteiger partial charge in [0.15, 0.2) is 0 Å². The van der Waals surface area contributed by atoms with Crippen molar-refractivity contribution >= 4 is 11.6 Å². The predicted molar refractivity (Wildman–Crippen MR) is 96.7 cm³/mol. The molecule has 1 aromatic heterocycles. The van der Waals surface area contributed by atoms with E-state index in [2.05, 4.69) is 15.5 Å². The molecule has 2 aromatic carbocycles. The van der Waals surface area contributed by atoms with E-state index in [0.717, 1.165) is 30.5 Å². The van der Waals surface area contributed by atoms with Crippen molar-refractivity contribution in [3.63, 3.8) is 0 Å². The monoisotopic (exact) mass is 333 g/mol. The summed E-state index contributed by atoms with van der Waals surface area (Å²) < 4.78 is 0. The van der Waals surface area contributed by atoms with Crippen LogP contribution in [0.25, 0.3) is 11.3 Å². The Bertz CT molecular complexity index is 913. The Morgan fingerprint density at radius 2 is 1.80 bits per heavy atom. The molecule has 25 heavy (non-hydrogen) atoms. The third kappa shape index (κ3) is 3.01. The molecule has 126 valence electrons. The maximum atomic E-state index is 12.8. The summed E-state index contributed by atoms with van der Waals surface area (Å²) in [4.78, 5) is 12.8. The zero-order valence-electron chi connectivity index (χ0n) is 13.7. The molecule has 1 aliphatic carbocycles. The number of anilines is 1. The van der Waals surface area contributed by atoms with E-state index < -0.39 is 0 Å². The van der Waals surface area contributed by atoms with E-state index in [-0.39, 0.29) is 11.7 Å². The molecule has 1 amide bonds. The number of rotatable bonds is 3. The van der Waals surface area contributed by atoms with E-state index >= 15 is 0 Å². The molecule has 0 spiro atoms. The zero-order chi connectivity index (χ0) is 17.2. The van der Waals surface area contributed by atoms with E-state index in [4.69, 9.17) is 0 Å². The van der Waals surface area contributed by atoms with Crippen LogP contribution in [0.3, 0.4) is 0 Å². The highest BCUT2D eigenvalue weighted by atomic mass is 16.3. The fraction of sp³-hybridized carbons (Fsp3) is 0.200. The first-order valence-electron chi connectivity index (χ1n) is 8.48. The van der Waals surface area contributed by atoms with Gasteiger partial charge in [0.1, 0.15) is 5.75 Å². The van der Waals surface area contributed by atoms with Crippen LogP contribution in [-0.4, -0.2) is 21.2 Å². The van der Waals surface area contributed by atoms with Crippen molar-refractivity contribution in [1.82, 2.24) is 10.2 Å². The minimum Gasteiger partial charge on any atom is -0.508 e. The van der Waals surface area contributed by atoms with Gasteiger partial charge in [-0.25, -0.2) is 0 Å². The third-order valence-corrected chi connectivity index (χ3v) is 4.61. The predicted octanol–water partition coefficient (Wildman–Crippen LogP) is 3.91. The summed E-state index contributed by atoms with van der Waals surface area (Å²) in [7, 11) is 0. The first kappa shape index (κ1) is 15.4. The molecular weight excluding hydrogens is 314 g/mol. The number of phenols is 1. The van der Waals surface area contributed by atoms with E-state index in [0.29, 0.717) is 11.3 Å². The highest BCUT2D eigenvalue weighted by molar-refractivity contribution is 6.08. The third-order valence-electron chi connectivity index (χ3n) is 4.61. The number of nitrogens with zero attached hydrogens (tertiary/aromatic N) is 1. The van der Waals surface area contributed by atoms with Crippen molar-refractivity contribution in [3.05, 3.63) is 65.4 Å². The number of carbonyl (C=O) groups excluding carboxylic acids is 1. The van der Waals surface area contributed by atoms with Crippen molar-refractivity contribution in [1.29, 1.82) is 0 Å². The SMILES string of the molecule is O=C(Nc1ccc(O)cc1)c1ccccc1-c1n[nH]c2c1CCCC2. The largest absolute Gasteiger partial charge is 0.508 e. The van der Waals surface area contributed by atoms with Crippen molar-refractivity contribution in [3.8, 4) is 17.0 Å². The maximum Gasteiger partial charge on any atom is 0.256 e. The number of H-pyrrole nitrogens is 1. The topological polar surface area (TPSA) is 78.0 Å². The number of hydrogen-bond donors (Lipinski definition) is 3. The fourth-order valence-corrected chi connectivity index (χ4v) is 3.33. The van der Waals surface area contributed by atoms with Crippen LogP contribution in [-0.2, 0) is 12.8 Å². The van der Waals surface area contributed by atoms with Crippen molar-refractivity contribution in [2.24, 2.45) is 0 Å². The molecule has 5 nitrogen and oxygen atoms in total. The van der Waals surface area contributed by atoms with Gasteiger partial charge in [-0.05, 0) is 56.0 Å². The van der Waals surface area contributed by atoms with E-state index in [1.807, 2.05) is 24.3 Å². The first-order chi connectivity index (χ1) is 12.2. The fourth-order valence-electron chi connectivity index (χ4n) is 3.33. The second kappa shape index (κ2) is 6.43. The van der Waals surface area contributed by atoms with Gasteiger partial charge in [-0.1, -0.05) is 18.2 Å². The molecule has 0 fully saturated rings.